The predicted molar refractivity (Wildman–Crippen MR) is 281 cm³/mol. The Bertz CT molecular complexity index is 3480. The zero-order valence-corrected chi connectivity index (χ0v) is 42.9. The zero-order chi connectivity index (χ0) is 53.6. The molecule has 76 heavy (non-hydrogen) atoms. The van der Waals surface area contributed by atoms with E-state index < -0.39 is 5.82 Å². The van der Waals surface area contributed by atoms with Crippen LogP contribution in [0.1, 0.15) is 101 Å². The average Bonchev–Trinajstić information content (AvgIpc) is 4.25. The number of pyridine rings is 8. The summed E-state index contributed by atoms with van der Waals surface area (Å²) < 4.78 is 30.4. The normalized spacial score (nSPS) is 11.5. The largest absolute Gasteiger partial charge is 0.456 e. The second-order valence-electron chi connectivity index (χ2n) is 17.8. The van der Waals surface area contributed by atoms with Crippen LogP contribution in [-0.2, 0) is 19.3 Å². The van der Waals surface area contributed by atoms with Gasteiger partial charge in [0.25, 0.3) is 0 Å². The summed E-state index contributed by atoms with van der Waals surface area (Å²) in [4.78, 5) is 79.5. The maximum atomic E-state index is 13.2. The molecule has 16 nitrogen and oxygen atoms in total. The van der Waals surface area contributed by atoms with Crippen molar-refractivity contribution >= 4 is 29.0 Å². The molecule has 1 fully saturated rings. The van der Waals surface area contributed by atoms with E-state index in [1.165, 1.54) is 24.5 Å². The van der Waals surface area contributed by atoms with Crippen molar-refractivity contribution in [2.45, 2.75) is 72.6 Å². The quantitative estimate of drug-likeness (QED) is 0.0824. The number of ketones is 3. The second-order valence-corrected chi connectivity index (χ2v) is 18.2. The fourth-order valence-electron chi connectivity index (χ4n) is 7.23. The summed E-state index contributed by atoms with van der Waals surface area (Å²) in [5.41, 5.74) is 7.20. The summed E-state index contributed by atoms with van der Waals surface area (Å²) in [5, 5.41) is 0.477. The monoisotopic (exact) mass is 1040 g/mol. The molecular formula is C58H50ClFN10O6. The van der Waals surface area contributed by atoms with Gasteiger partial charge in [0.2, 0.25) is 0 Å². The first-order valence-corrected chi connectivity index (χ1v) is 24.4. The molecule has 0 unspecified atom stereocenters. The van der Waals surface area contributed by atoms with Crippen LogP contribution >= 0.6 is 11.6 Å². The summed E-state index contributed by atoms with van der Waals surface area (Å²) in [6.07, 6.45) is 16.9. The molecule has 1 aliphatic carbocycles. The molecule has 10 rings (SSSR count). The molecule has 0 aromatic carbocycles. The van der Waals surface area contributed by atoms with Gasteiger partial charge in [0.15, 0.2) is 23.1 Å². The van der Waals surface area contributed by atoms with Gasteiger partial charge >= 0.3 is 0 Å². The van der Waals surface area contributed by atoms with E-state index in [9.17, 15) is 18.8 Å². The van der Waals surface area contributed by atoms with Crippen LogP contribution < -0.4 is 14.2 Å². The van der Waals surface area contributed by atoms with Gasteiger partial charge in [-0.1, -0.05) is 29.8 Å². The highest BCUT2D eigenvalue weighted by molar-refractivity contribution is 6.30. The summed E-state index contributed by atoms with van der Waals surface area (Å²) in [6, 6.07) is 25.9. The number of rotatable bonds is 16. The van der Waals surface area contributed by atoms with E-state index in [-0.39, 0.29) is 48.1 Å². The van der Waals surface area contributed by atoms with E-state index in [0.29, 0.717) is 79.5 Å². The van der Waals surface area contributed by atoms with Crippen LogP contribution in [0, 0.1) is 40.4 Å². The topological polar surface area (TPSA) is 208 Å². The summed E-state index contributed by atoms with van der Waals surface area (Å²) in [7, 11) is 0. The maximum Gasteiger partial charge on any atom is 0.187 e. The number of Topliss-reactive ketones (excluding diaryl/α,β-unsaturated/α-hetero) is 3. The Hall–Kier alpha value is -9.09. The van der Waals surface area contributed by atoms with Crippen molar-refractivity contribution in [1.82, 2.24) is 49.8 Å². The molecule has 9 aromatic heterocycles. The molecule has 0 spiro atoms. The molecule has 0 atom stereocenters. The number of carbonyl (C=O) groups is 3. The molecule has 0 radical (unpaired) electrons. The highest BCUT2D eigenvalue weighted by atomic mass is 35.5. The number of hydrogen-bond donors (Lipinski definition) is 0. The number of halogens is 2. The standard InChI is InChI=1S/C21H20N4O2.C19H16FN3O2.C18H14ClN3O2/c1-13-3-6-16(22-10-13)8-20(26)19-9-17(7-14(2)25-19)27-18-11-23-21(24-12-18)15-4-5-15;1-12-3-4-15(22-9-12)7-19(24)18-8-16(5-13(2)23-18)25-17-6-14(20)10-21-11-17;1-12-6-15(24-16-7-13(19)10-20-11-16)9-17(22-12)18(23)8-14-4-2-3-5-21-14/h3,6-7,9-12,15H,4-5,8H2,1-2H3;3-6,8-11H,7H2,1-2H3;2-7,9-11H,8H2,1H3. The van der Waals surface area contributed by atoms with E-state index in [1.54, 1.807) is 87.4 Å². The number of aromatic nitrogens is 10. The Morgan fingerprint density at radius 3 is 1.37 bits per heavy atom. The lowest BCUT2D eigenvalue weighted by atomic mass is 10.1. The van der Waals surface area contributed by atoms with Crippen molar-refractivity contribution in [3.8, 4) is 34.5 Å². The van der Waals surface area contributed by atoms with Crippen molar-refractivity contribution in [2.24, 2.45) is 0 Å². The van der Waals surface area contributed by atoms with Crippen molar-refractivity contribution in [1.29, 1.82) is 0 Å². The Balaban J connectivity index is 0.000000151. The van der Waals surface area contributed by atoms with Crippen LogP contribution in [0.5, 0.6) is 34.5 Å². The smallest absolute Gasteiger partial charge is 0.187 e. The first-order chi connectivity index (χ1) is 36.7. The Kier molecular flexibility index (Phi) is 17.7. The van der Waals surface area contributed by atoms with Crippen molar-refractivity contribution in [2.75, 3.05) is 0 Å². The summed E-state index contributed by atoms with van der Waals surface area (Å²) in [6.45, 7) is 9.30. The van der Waals surface area contributed by atoms with Gasteiger partial charge < -0.3 is 14.2 Å². The van der Waals surface area contributed by atoms with Crippen LogP contribution in [0.2, 0.25) is 5.02 Å². The molecule has 0 aliphatic heterocycles. The van der Waals surface area contributed by atoms with Crippen LogP contribution in [-0.4, -0.2) is 67.2 Å². The van der Waals surface area contributed by atoms with Gasteiger partial charge in [0.1, 0.15) is 57.5 Å². The third-order valence-corrected chi connectivity index (χ3v) is 11.2. The first kappa shape index (κ1) is 53.2. The number of hydrogen-bond acceptors (Lipinski definition) is 16. The van der Waals surface area contributed by atoms with Crippen molar-refractivity contribution in [3.63, 3.8) is 0 Å². The van der Waals surface area contributed by atoms with E-state index in [4.69, 9.17) is 25.8 Å². The third kappa shape index (κ3) is 16.2. The third-order valence-electron chi connectivity index (χ3n) is 11.0. The highest BCUT2D eigenvalue weighted by Gasteiger charge is 2.26. The van der Waals surface area contributed by atoms with Gasteiger partial charge in [-0.05, 0) is 82.9 Å². The Morgan fingerprint density at radius 2 is 0.947 bits per heavy atom. The van der Waals surface area contributed by atoms with E-state index in [0.717, 1.165) is 41.7 Å². The van der Waals surface area contributed by atoms with Gasteiger partial charge in [0.05, 0.1) is 55.3 Å². The van der Waals surface area contributed by atoms with Gasteiger partial charge in [0, 0.05) is 113 Å². The lowest BCUT2D eigenvalue weighted by Crippen LogP contribution is -2.08. The Morgan fingerprint density at radius 1 is 0.487 bits per heavy atom. The molecule has 1 aliphatic rings. The fourth-order valence-corrected chi connectivity index (χ4v) is 7.39. The maximum absolute atomic E-state index is 13.2. The lowest BCUT2D eigenvalue weighted by molar-refractivity contribution is 0.0978. The lowest BCUT2D eigenvalue weighted by Gasteiger charge is -2.08. The fraction of sp³-hybridized carbons (Fsp3) is 0.190. The van der Waals surface area contributed by atoms with Gasteiger partial charge in [-0.25, -0.2) is 29.3 Å². The molecule has 0 bridgehead atoms. The van der Waals surface area contributed by atoms with Crippen molar-refractivity contribution < 1.29 is 33.0 Å². The molecule has 9 aromatic rings. The molecular weight excluding hydrogens is 987 g/mol. The predicted octanol–water partition coefficient (Wildman–Crippen LogP) is 11.9. The van der Waals surface area contributed by atoms with Crippen LogP contribution in [0.15, 0.2) is 147 Å². The number of ether oxygens (including phenoxy) is 3. The second kappa shape index (κ2) is 25.2. The minimum atomic E-state index is -0.495. The minimum Gasteiger partial charge on any atom is -0.456 e. The van der Waals surface area contributed by atoms with Crippen LogP contribution in [0.25, 0.3) is 0 Å². The zero-order valence-electron chi connectivity index (χ0n) is 42.1. The van der Waals surface area contributed by atoms with E-state index in [2.05, 4.69) is 49.8 Å². The van der Waals surface area contributed by atoms with Gasteiger partial charge in [-0.15, -0.1) is 0 Å². The average molecular weight is 1040 g/mol. The number of aryl methyl sites for hydroxylation is 5. The number of nitrogens with zero attached hydrogens (tertiary/aromatic N) is 10. The molecule has 0 amide bonds. The SMILES string of the molecule is Cc1cc(Oc2cncc(Cl)c2)cc(C(=O)Cc2ccccn2)n1.Cc1ccc(CC(=O)c2cc(Oc3cnc(C4CC4)nc3)cc(C)n2)nc1.Cc1ccc(CC(=O)c2cc(Oc3cncc(F)c3)cc(C)n2)nc1. The van der Waals surface area contributed by atoms with Gasteiger partial charge in [-0.3, -0.25) is 39.3 Å². The van der Waals surface area contributed by atoms with Gasteiger partial charge in [-0.2, -0.15) is 0 Å². The van der Waals surface area contributed by atoms with E-state index in [1.807, 2.05) is 63.2 Å². The molecule has 9 heterocycles. The first-order valence-electron chi connectivity index (χ1n) is 24.0. The highest BCUT2D eigenvalue weighted by Crippen LogP contribution is 2.38. The number of carbonyl (C=O) groups excluding carboxylic acids is 3. The van der Waals surface area contributed by atoms with Crippen molar-refractivity contribution in [3.05, 3.63) is 226 Å². The molecule has 18 heteroatoms. The Labute approximate surface area is 442 Å². The van der Waals surface area contributed by atoms with Crippen LogP contribution in [0.3, 0.4) is 0 Å². The molecule has 1 saturated carbocycles. The summed E-state index contributed by atoms with van der Waals surface area (Å²) >= 11 is 5.90. The molecule has 0 saturated heterocycles. The minimum absolute atomic E-state index is 0.0970. The molecule has 382 valence electrons. The summed E-state index contributed by atoms with van der Waals surface area (Å²) in [5.74, 6) is 3.25. The van der Waals surface area contributed by atoms with E-state index >= 15 is 0 Å². The van der Waals surface area contributed by atoms with Crippen LogP contribution in [0.4, 0.5) is 4.39 Å². The molecule has 0 N–H and O–H groups in total.